The Balaban J connectivity index is 2.06. The molecule has 17 heavy (non-hydrogen) atoms. The SMILES string of the molecule is Cc1nc(NN)c(C)c(NCC2CCCS2)n1. The van der Waals surface area contributed by atoms with Gasteiger partial charge in [-0.3, -0.25) is 0 Å². The number of hydrogen-bond donors (Lipinski definition) is 3. The molecule has 94 valence electrons. The Labute approximate surface area is 106 Å². The van der Waals surface area contributed by atoms with Gasteiger partial charge in [0.15, 0.2) is 0 Å². The van der Waals surface area contributed by atoms with Crippen LogP contribution in [0.1, 0.15) is 24.2 Å². The molecule has 6 heteroatoms. The number of nitrogen functional groups attached to an aromatic ring is 1. The van der Waals surface area contributed by atoms with Crippen molar-refractivity contribution in [1.82, 2.24) is 9.97 Å². The minimum absolute atomic E-state index is 0.694. The van der Waals surface area contributed by atoms with E-state index in [-0.39, 0.29) is 0 Å². The lowest BCUT2D eigenvalue weighted by molar-refractivity contribution is 0.801. The van der Waals surface area contributed by atoms with Crippen LogP contribution in [0.25, 0.3) is 0 Å². The largest absolute Gasteiger partial charge is 0.369 e. The van der Waals surface area contributed by atoms with Gasteiger partial charge in [0.1, 0.15) is 17.5 Å². The van der Waals surface area contributed by atoms with Crippen LogP contribution in [0.15, 0.2) is 0 Å². The topological polar surface area (TPSA) is 75.9 Å². The van der Waals surface area contributed by atoms with Crippen molar-refractivity contribution in [2.75, 3.05) is 23.0 Å². The third-order valence-corrected chi connectivity index (χ3v) is 4.31. The van der Waals surface area contributed by atoms with E-state index in [0.29, 0.717) is 11.1 Å². The summed E-state index contributed by atoms with van der Waals surface area (Å²) < 4.78 is 0. The predicted octanol–water partition coefficient (Wildman–Crippen LogP) is 1.69. The molecule has 1 aromatic heterocycles. The number of thioether (sulfide) groups is 1. The molecule has 2 rings (SSSR count). The van der Waals surface area contributed by atoms with E-state index in [0.717, 1.165) is 23.8 Å². The molecular formula is C11H19N5S. The van der Waals surface area contributed by atoms with E-state index in [1.54, 1.807) is 0 Å². The van der Waals surface area contributed by atoms with Crippen molar-refractivity contribution in [3.8, 4) is 0 Å². The molecule has 1 aromatic rings. The van der Waals surface area contributed by atoms with E-state index in [4.69, 9.17) is 5.84 Å². The molecule has 4 N–H and O–H groups in total. The molecule has 0 amide bonds. The Morgan fingerprint density at radius 1 is 1.35 bits per heavy atom. The van der Waals surface area contributed by atoms with E-state index < -0.39 is 0 Å². The molecule has 1 unspecified atom stereocenters. The Bertz CT molecular complexity index is 390. The van der Waals surface area contributed by atoms with Gasteiger partial charge in [-0.25, -0.2) is 15.8 Å². The maximum atomic E-state index is 5.43. The van der Waals surface area contributed by atoms with Crippen molar-refractivity contribution in [3.63, 3.8) is 0 Å². The third-order valence-electron chi connectivity index (χ3n) is 2.92. The first-order valence-electron chi connectivity index (χ1n) is 5.88. The van der Waals surface area contributed by atoms with Crippen molar-refractivity contribution >= 4 is 23.4 Å². The molecular weight excluding hydrogens is 234 g/mol. The summed E-state index contributed by atoms with van der Waals surface area (Å²) in [6.07, 6.45) is 2.62. The Hall–Kier alpha value is -1.01. The van der Waals surface area contributed by atoms with Gasteiger partial charge in [-0.05, 0) is 32.4 Å². The number of aromatic nitrogens is 2. The lowest BCUT2D eigenvalue weighted by Gasteiger charge is -2.14. The summed E-state index contributed by atoms with van der Waals surface area (Å²) in [5.74, 6) is 9.02. The smallest absolute Gasteiger partial charge is 0.148 e. The Kier molecular flexibility index (Phi) is 4.06. The monoisotopic (exact) mass is 253 g/mol. The molecule has 0 aromatic carbocycles. The molecule has 1 atom stereocenters. The fourth-order valence-electron chi connectivity index (χ4n) is 1.96. The van der Waals surface area contributed by atoms with Gasteiger partial charge < -0.3 is 10.7 Å². The van der Waals surface area contributed by atoms with E-state index in [2.05, 4.69) is 20.7 Å². The summed E-state index contributed by atoms with van der Waals surface area (Å²) >= 11 is 2.04. The van der Waals surface area contributed by atoms with Gasteiger partial charge in [0.25, 0.3) is 0 Å². The lowest BCUT2D eigenvalue weighted by Crippen LogP contribution is -2.18. The second-order valence-corrected chi connectivity index (χ2v) is 5.66. The first kappa shape index (κ1) is 12.4. The van der Waals surface area contributed by atoms with Crippen molar-refractivity contribution in [2.24, 2.45) is 5.84 Å². The van der Waals surface area contributed by atoms with Crippen LogP contribution in [-0.4, -0.2) is 27.5 Å². The molecule has 1 aliphatic heterocycles. The zero-order valence-corrected chi connectivity index (χ0v) is 11.1. The zero-order valence-electron chi connectivity index (χ0n) is 10.3. The lowest BCUT2D eigenvalue weighted by atomic mass is 10.2. The second-order valence-electron chi connectivity index (χ2n) is 4.25. The maximum absolute atomic E-state index is 5.43. The van der Waals surface area contributed by atoms with Gasteiger partial charge in [0.2, 0.25) is 0 Å². The number of nitrogens with one attached hydrogen (secondary N) is 2. The molecule has 0 radical (unpaired) electrons. The molecule has 0 bridgehead atoms. The quantitative estimate of drug-likeness (QED) is 0.560. The average molecular weight is 253 g/mol. The van der Waals surface area contributed by atoms with Crippen molar-refractivity contribution in [1.29, 1.82) is 0 Å². The summed E-state index contributed by atoms with van der Waals surface area (Å²) in [4.78, 5) is 8.65. The highest BCUT2D eigenvalue weighted by Crippen LogP contribution is 2.27. The van der Waals surface area contributed by atoms with E-state index >= 15 is 0 Å². The predicted molar refractivity (Wildman–Crippen MR) is 73.3 cm³/mol. The molecule has 2 heterocycles. The number of hydrazine groups is 1. The number of rotatable bonds is 4. The average Bonchev–Trinajstić information content (AvgIpc) is 2.82. The van der Waals surface area contributed by atoms with Crippen LogP contribution in [-0.2, 0) is 0 Å². The summed E-state index contributed by atoms with van der Waals surface area (Å²) in [6.45, 7) is 4.81. The number of nitrogens with zero attached hydrogens (tertiary/aromatic N) is 2. The van der Waals surface area contributed by atoms with Crippen LogP contribution >= 0.6 is 11.8 Å². The molecule has 5 nitrogen and oxygen atoms in total. The van der Waals surface area contributed by atoms with Gasteiger partial charge in [-0.15, -0.1) is 0 Å². The molecule has 0 saturated carbocycles. The van der Waals surface area contributed by atoms with E-state index in [1.807, 2.05) is 25.6 Å². The molecule has 1 fully saturated rings. The molecule has 0 spiro atoms. The van der Waals surface area contributed by atoms with Crippen LogP contribution in [0, 0.1) is 13.8 Å². The first-order valence-corrected chi connectivity index (χ1v) is 6.93. The fraction of sp³-hybridized carbons (Fsp3) is 0.636. The van der Waals surface area contributed by atoms with Crippen LogP contribution in [0.2, 0.25) is 0 Å². The van der Waals surface area contributed by atoms with Gasteiger partial charge in [0.05, 0.1) is 0 Å². The maximum Gasteiger partial charge on any atom is 0.148 e. The van der Waals surface area contributed by atoms with Crippen molar-refractivity contribution < 1.29 is 0 Å². The normalized spacial score (nSPS) is 19.4. The highest BCUT2D eigenvalue weighted by molar-refractivity contribution is 8.00. The highest BCUT2D eigenvalue weighted by Gasteiger charge is 2.16. The standard InChI is InChI=1S/C11H19N5S/c1-7-10(13-6-9-4-3-5-17-9)14-8(2)15-11(7)16-12/h9H,3-6,12H2,1-2H3,(H2,13,14,15,16). The summed E-state index contributed by atoms with van der Waals surface area (Å²) in [7, 11) is 0. The van der Waals surface area contributed by atoms with Gasteiger partial charge >= 0.3 is 0 Å². The minimum atomic E-state index is 0.694. The van der Waals surface area contributed by atoms with Gasteiger partial charge in [-0.1, -0.05) is 0 Å². The number of hydrogen-bond acceptors (Lipinski definition) is 6. The van der Waals surface area contributed by atoms with Gasteiger partial charge in [0, 0.05) is 17.4 Å². The van der Waals surface area contributed by atoms with Crippen LogP contribution in [0.4, 0.5) is 11.6 Å². The van der Waals surface area contributed by atoms with Crippen LogP contribution in [0.5, 0.6) is 0 Å². The highest BCUT2D eigenvalue weighted by atomic mass is 32.2. The summed E-state index contributed by atoms with van der Waals surface area (Å²) in [6, 6.07) is 0. The molecule has 0 aliphatic carbocycles. The van der Waals surface area contributed by atoms with Crippen LogP contribution < -0.4 is 16.6 Å². The number of nitrogens with two attached hydrogens (primary N) is 1. The Morgan fingerprint density at radius 3 is 2.76 bits per heavy atom. The zero-order chi connectivity index (χ0) is 12.3. The first-order chi connectivity index (χ1) is 8.20. The summed E-state index contributed by atoms with van der Waals surface area (Å²) in [5, 5.41) is 4.11. The second kappa shape index (κ2) is 5.55. The fourth-order valence-corrected chi connectivity index (χ4v) is 3.16. The van der Waals surface area contributed by atoms with Crippen molar-refractivity contribution in [3.05, 3.63) is 11.4 Å². The third kappa shape index (κ3) is 3.01. The molecule has 1 aliphatic rings. The minimum Gasteiger partial charge on any atom is -0.369 e. The Morgan fingerprint density at radius 2 is 2.12 bits per heavy atom. The summed E-state index contributed by atoms with van der Waals surface area (Å²) in [5.41, 5.74) is 3.58. The number of aryl methyl sites for hydroxylation is 1. The number of anilines is 2. The molecule has 1 saturated heterocycles. The van der Waals surface area contributed by atoms with E-state index in [1.165, 1.54) is 18.6 Å². The van der Waals surface area contributed by atoms with E-state index in [9.17, 15) is 0 Å². The van der Waals surface area contributed by atoms with Crippen LogP contribution in [0.3, 0.4) is 0 Å². The van der Waals surface area contributed by atoms with Gasteiger partial charge in [-0.2, -0.15) is 11.8 Å². The van der Waals surface area contributed by atoms with Crippen molar-refractivity contribution in [2.45, 2.75) is 31.9 Å².